The van der Waals surface area contributed by atoms with Crippen LogP contribution in [0.5, 0.6) is 0 Å². The Hall–Kier alpha value is -2.04. The minimum atomic E-state index is -0.934. The van der Waals surface area contributed by atoms with Crippen LogP contribution in [0.25, 0.3) is 0 Å². The van der Waals surface area contributed by atoms with Crippen molar-refractivity contribution in [2.45, 2.75) is 33.4 Å². The molecule has 21 heavy (non-hydrogen) atoms. The van der Waals surface area contributed by atoms with Gasteiger partial charge in [-0.1, -0.05) is 19.9 Å². The fourth-order valence-electron chi connectivity index (χ4n) is 2.45. The highest BCUT2D eigenvalue weighted by atomic mass is 16.4. The molecule has 0 aliphatic carbocycles. The normalized spacial score (nSPS) is 13.4. The number of benzene rings is 1. The van der Waals surface area contributed by atoms with Crippen molar-refractivity contribution < 1.29 is 14.7 Å². The monoisotopic (exact) mass is 290 g/mol. The van der Waals surface area contributed by atoms with E-state index in [1.807, 2.05) is 7.05 Å². The lowest BCUT2D eigenvalue weighted by molar-refractivity contribution is 0.0696. The molecule has 0 spiro atoms. The first-order valence-corrected chi connectivity index (χ1v) is 7.23. The summed E-state index contributed by atoms with van der Waals surface area (Å²) in [7, 11) is 1.82. The number of hydrogen-bond donors (Lipinski definition) is 1. The van der Waals surface area contributed by atoms with Crippen LogP contribution in [0, 0.1) is 5.92 Å². The van der Waals surface area contributed by atoms with Crippen molar-refractivity contribution in [3.63, 3.8) is 0 Å². The molecule has 5 nitrogen and oxygen atoms in total. The molecule has 0 aromatic heterocycles. The Bertz CT molecular complexity index is 554. The van der Waals surface area contributed by atoms with E-state index in [4.69, 9.17) is 5.11 Å². The van der Waals surface area contributed by atoms with Gasteiger partial charge in [-0.25, -0.2) is 9.59 Å². The van der Waals surface area contributed by atoms with Crippen molar-refractivity contribution in [1.82, 2.24) is 9.80 Å². The third-order valence-corrected chi connectivity index (χ3v) is 3.81. The average Bonchev–Trinajstić information content (AvgIpc) is 2.86. The summed E-state index contributed by atoms with van der Waals surface area (Å²) in [5.41, 5.74) is 2.24. The zero-order chi connectivity index (χ0) is 15.6. The number of urea groups is 1. The summed E-state index contributed by atoms with van der Waals surface area (Å²) in [5.74, 6) is -0.370. The quantitative estimate of drug-likeness (QED) is 0.927. The van der Waals surface area contributed by atoms with Gasteiger partial charge in [0.2, 0.25) is 0 Å². The molecule has 0 atom stereocenters. The van der Waals surface area contributed by atoms with Crippen LogP contribution in [0.2, 0.25) is 0 Å². The second-order valence-electron chi connectivity index (χ2n) is 6.03. The third kappa shape index (κ3) is 3.54. The number of carboxylic acids is 1. The van der Waals surface area contributed by atoms with Gasteiger partial charge in [-0.05, 0) is 35.6 Å². The molecule has 2 amide bonds. The maximum atomic E-state index is 12.4. The SMILES string of the molecule is CC(C)CCN(C)C(=O)N1Cc2ccc(C(=O)O)cc2C1. The Morgan fingerprint density at radius 1 is 1.29 bits per heavy atom. The van der Waals surface area contributed by atoms with Gasteiger partial charge in [0, 0.05) is 26.7 Å². The fourth-order valence-corrected chi connectivity index (χ4v) is 2.45. The second-order valence-corrected chi connectivity index (χ2v) is 6.03. The molecule has 0 bridgehead atoms. The van der Waals surface area contributed by atoms with Crippen LogP contribution in [-0.2, 0) is 13.1 Å². The van der Waals surface area contributed by atoms with Crippen molar-refractivity contribution in [3.05, 3.63) is 34.9 Å². The molecule has 1 heterocycles. The summed E-state index contributed by atoms with van der Waals surface area (Å²) < 4.78 is 0. The third-order valence-electron chi connectivity index (χ3n) is 3.81. The van der Waals surface area contributed by atoms with Crippen LogP contribution >= 0.6 is 0 Å². The lowest BCUT2D eigenvalue weighted by Crippen LogP contribution is -2.38. The van der Waals surface area contributed by atoms with Gasteiger partial charge in [0.1, 0.15) is 0 Å². The maximum Gasteiger partial charge on any atom is 0.335 e. The molecule has 0 fully saturated rings. The fraction of sp³-hybridized carbons (Fsp3) is 0.500. The lowest BCUT2D eigenvalue weighted by atomic mass is 10.1. The highest BCUT2D eigenvalue weighted by Gasteiger charge is 2.26. The number of rotatable bonds is 4. The summed E-state index contributed by atoms with van der Waals surface area (Å²) in [6.07, 6.45) is 0.978. The smallest absolute Gasteiger partial charge is 0.335 e. The molecular weight excluding hydrogens is 268 g/mol. The van der Waals surface area contributed by atoms with Gasteiger partial charge < -0.3 is 14.9 Å². The van der Waals surface area contributed by atoms with Crippen molar-refractivity contribution >= 4 is 12.0 Å². The second kappa shape index (κ2) is 6.16. The molecule has 1 aromatic carbocycles. The van der Waals surface area contributed by atoms with E-state index in [0.717, 1.165) is 24.1 Å². The Labute approximate surface area is 125 Å². The van der Waals surface area contributed by atoms with Crippen molar-refractivity contribution in [1.29, 1.82) is 0 Å². The van der Waals surface area contributed by atoms with E-state index in [9.17, 15) is 9.59 Å². The molecule has 1 aliphatic heterocycles. The molecule has 0 saturated carbocycles. The topological polar surface area (TPSA) is 60.9 Å². The van der Waals surface area contributed by atoms with Crippen LogP contribution in [0.15, 0.2) is 18.2 Å². The minimum absolute atomic E-state index is 0.00345. The van der Waals surface area contributed by atoms with Crippen LogP contribution in [0.4, 0.5) is 4.79 Å². The number of nitrogens with zero attached hydrogens (tertiary/aromatic N) is 2. The zero-order valence-electron chi connectivity index (χ0n) is 12.8. The van der Waals surface area contributed by atoms with Gasteiger partial charge in [0.25, 0.3) is 0 Å². The minimum Gasteiger partial charge on any atom is -0.478 e. The Kier molecular flexibility index (Phi) is 4.50. The Morgan fingerprint density at radius 2 is 1.95 bits per heavy atom. The van der Waals surface area contributed by atoms with Crippen molar-refractivity contribution in [3.8, 4) is 0 Å². The summed E-state index contributed by atoms with van der Waals surface area (Å²) >= 11 is 0. The molecule has 2 rings (SSSR count). The number of aromatic carboxylic acids is 1. The number of fused-ring (bicyclic) bond motifs is 1. The lowest BCUT2D eigenvalue weighted by Gasteiger charge is -2.24. The van der Waals surface area contributed by atoms with Crippen molar-refractivity contribution in [2.75, 3.05) is 13.6 Å². The number of hydrogen-bond acceptors (Lipinski definition) is 2. The summed E-state index contributed by atoms with van der Waals surface area (Å²) in [4.78, 5) is 26.9. The molecule has 0 saturated heterocycles. The first-order chi connectivity index (χ1) is 9.88. The first-order valence-electron chi connectivity index (χ1n) is 7.23. The van der Waals surface area contributed by atoms with E-state index < -0.39 is 5.97 Å². The predicted molar refractivity (Wildman–Crippen MR) is 80.1 cm³/mol. The molecule has 5 heteroatoms. The first kappa shape index (κ1) is 15.4. The van der Waals surface area contributed by atoms with Crippen LogP contribution < -0.4 is 0 Å². The standard InChI is InChI=1S/C16H22N2O3/c1-11(2)6-7-17(3)16(21)18-9-13-5-4-12(15(19)20)8-14(13)10-18/h4-5,8,11H,6-7,9-10H2,1-3H3,(H,19,20). The molecule has 114 valence electrons. The van der Waals surface area contributed by atoms with Crippen molar-refractivity contribution in [2.24, 2.45) is 5.92 Å². The molecule has 1 aromatic rings. The number of amides is 2. The molecular formula is C16H22N2O3. The number of carbonyl (C=O) groups is 2. The highest BCUT2D eigenvalue weighted by molar-refractivity contribution is 5.88. The molecule has 0 unspecified atom stereocenters. The van der Waals surface area contributed by atoms with Gasteiger partial charge in [-0.3, -0.25) is 0 Å². The van der Waals surface area contributed by atoms with Gasteiger partial charge >= 0.3 is 12.0 Å². The van der Waals surface area contributed by atoms with Crippen LogP contribution in [0.3, 0.4) is 0 Å². The van der Waals surface area contributed by atoms with E-state index >= 15 is 0 Å². The highest BCUT2D eigenvalue weighted by Crippen LogP contribution is 2.24. The maximum absolute atomic E-state index is 12.4. The number of carbonyl (C=O) groups excluding carboxylic acids is 1. The van der Waals surface area contributed by atoms with Crippen LogP contribution in [0.1, 0.15) is 41.8 Å². The zero-order valence-corrected chi connectivity index (χ0v) is 12.8. The van der Waals surface area contributed by atoms with Gasteiger partial charge in [0.15, 0.2) is 0 Å². The summed E-state index contributed by atoms with van der Waals surface area (Å²) in [6.45, 7) is 6.06. The molecule has 1 aliphatic rings. The molecule has 0 radical (unpaired) electrons. The van der Waals surface area contributed by atoms with Gasteiger partial charge in [0.05, 0.1) is 5.56 Å². The summed E-state index contributed by atoms with van der Waals surface area (Å²) in [5, 5.41) is 9.01. The van der Waals surface area contributed by atoms with Gasteiger partial charge in [-0.2, -0.15) is 0 Å². The Morgan fingerprint density at radius 3 is 2.57 bits per heavy atom. The van der Waals surface area contributed by atoms with Crippen LogP contribution in [-0.4, -0.2) is 40.5 Å². The summed E-state index contributed by atoms with van der Waals surface area (Å²) in [6, 6.07) is 5.07. The van der Waals surface area contributed by atoms with E-state index in [2.05, 4.69) is 13.8 Å². The van der Waals surface area contributed by atoms with E-state index in [1.54, 1.807) is 28.0 Å². The largest absolute Gasteiger partial charge is 0.478 e. The van der Waals surface area contributed by atoms with E-state index in [-0.39, 0.29) is 11.6 Å². The predicted octanol–water partition coefficient (Wildman–Crippen LogP) is 2.80. The average molecular weight is 290 g/mol. The van der Waals surface area contributed by atoms with E-state index in [1.165, 1.54) is 0 Å². The molecule has 1 N–H and O–H groups in total. The number of carboxylic acid groups (broad SMARTS) is 1. The van der Waals surface area contributed by atoms with E-state index in [0.29, 0.717) is 19.0 Å². The van der Waals surface area contributed by atoms with Gasteiger partial charge in [-0.15, -0.1) is 0 Å². The Balaban J connectivity index is 2.02.